The molecule has 0 radical (unpaired) electrons. The van der Waals surface area contributed by atoms with Crippen molar-refractivity contribution in [3.8, 4) is 0 Å². The first-order valence-electron chi connectivity index (χ1n) is 8.36. The molecule has 1 atom stereocenters. The van der Waals surface area contributed by atoms with Gasteiger partial charge in [0, 0.05) is 5.39 Å². The highest BCUT2D eigenvalue weighted by Crippen LogP contribution is 2.21. The quantitative estimate of drug-likeness (QED) is 0.664. The molecule has 134 valence electrons. The van der Waals surface area contributed by atoms with Gasteiger partial charge in [-0.1, -0.05) is 30.3 Å². The molecule has 3 rings (SSSR count). The average molecular weight is 354 g/mol. The molecule has 3 aromatic rings. The molecule has 5 nitrogen and oxygen atoms in total. The summed E-state index contributed by atoms with van der Waals surface area (Å²) < 4.78 is 20.1. The summed E-state index contributed by atoms with van der Waals surface area (Å²) in [7, 11) is 0. The zero-order valence-electron chi connectivity index (χ0n) is 14.8. The van der Waals surface area contributed by atoms with E-state index in [4.69, 9.17) is 4.74 Å². The maximum Gasteiger partial charge on any atom is 0.360 e. The number of halogens is 1. The first-order chi connectivity index (χ1) is 12.4. The van der Waals surface area contributed by atoms with Gasteiger partial charge in [-0.2, -0.15) is 5.10 Å². The van der Waals surface area contributed by atoms with Crippen LogP contribution in [0.1, 0.15) is 49.0 Å². The van der Waals surface area contributed by atoms with Gasteiger partial charge in [0.05, 0.1) is 11.4 Å². The molecular weight excluding hydrogens is 335 g/mol. The SMILES string of the molecule is CC(OC(=O)c1nn(C(C)C)c(=O)c2ccccc12)c1cccc(F)c1. The van der Waals surface area contributed by atoms with Crippen LogP contribution in [0, 0.1) is 5.82 Å². The van der Waals surface area contributed by atoms with Gasteiger partial charge in [0.15, 0.2) is 5.69 Å². The fourth-order valence-electron chi connectivity index (χ4n) is 2.75. The molecule has 6 heteroatoms. The Morgan fingerprint density at radius 1 is 1.08 bits per heavy atom. The van der Waals surface area contributed by atoms with E-state index in [1.54, 1.807) is 43.3 Å². The monoisotopic (exact) mass is 354 g/mol. The number of rotatable bonds is 4. The third-order valence-corrected chi connectivity index (χ3v) is 4.11. The maximum absolute atomic E-state index is 13.4. The summed E-state index contributed by atoms with van der Waals surface area (Å²) in [6.45, 7) is 5.29. The molecule has 0 aliphatic rings. The summed E-state index contributed by atoms with van der Waals surface area (Å²) in [5.41, 5.74) is 0.349. The number of benzene rings is 2. The summed E-state index contributed by atoms with van der Waals surface area (Å²) >= 11 is 0. The van der Waals surface area contributed by atoms with Gasteiger partial charge in [0.25, 0.3) is 5.56 Å². The second kappa shape index (κ2) is 7.07. The lowest BCUT2D eigenvalue weighted by Gasteiger charge is -2.16. The molecule has 2 aromatic carbocycles. The van der Waals surface area contributed by atoms with Crippen molar-refractivity contribution in [1.29, 1.82) is 0 Å². The van der Waals surface area contributed by atoms with Crippen LogP contribution in [0.5, 0.6) is 0 Å². The van der Waals surface area contributed by atoms with Crippen LogP contribution in [0.2, 0.25) is 0 Å². The topological polar surface area (TPSA) is 61.2 Å². The molecule has 0 aliphatic heterocycles. The molecule has 0 spiro atoms. The lowest BCUT2D eigenvalue weighted by Crippen LogP contribution is -2.28. The molecule has 0 aliphatic carbocycles. The number of esters is 1. The normalized spacial score (nSPS) is 12.3. The molecule has 0 fully saturated rings. The van der Waals surface area contributed by atoms with Crippen LogP contribution in [0.4, 0.5) is 4.39 Å². The largest absolute Gasteiger partial charge is 0.453 e. The molecule has 0 N–H and O–H groups in total. The number of fused-ring (bicyclic) bond motifs is 1. The third-order valence-electron chi connectivity index (χ3n) is 4.11. The predicted molar refractivity (Wildman–Crippen MR) is 96.6 cm³/mol. The van der Waals surface area contributed by atoms with E-state index < -0.39 is 17.9 Å². The molecule has 1 heterocycles. The smallest absolute Gasteiger partial charge is 0.360 e. The van der Waals surface area contributed by atoms with Gasteiger partial charge < -0.3 is 4.74 Å². The van der Waals surface area contributed by atoms with Gasteiger partial charge in [0.1, 0.15) is 11.9 Å². The van der Waals surface area contributed by atoms with Gasteiger partial charge in [-0.25, -0.2) is 13.9 Å². The summed E-state index contributed by atoms with van der Waals surface area (Å²) in [4.78, 5) is 25.3. The number of aromatic nitrogens is 2. The highest BCUT2D eigenvalue weighted by Gasteiger charge is 2.21. The van der Waals surface area contributed by atoms with Crippen LogP contribution < -0.4 is 5.56 Å². The molecule has 0 bridgehead atoms. The standard InChI is InChI=1S/C20H19FN2O3/c1-12(2)23-19(24)17-10-5-4-9-16(17)18(22-23)20(25)26-13(3)14-7-6-8-15(21)11-14/h4-13H,1-3H3. The second-order valence-electron chi connectivity index (χ2n) is 6.34. The van der Waals surface area contributed by atoms with E-state index >= 15 is 0 Å². The molecule has 1 unspecified atom stereocenters. The van der Waals surface area contributed by atoms with Crippen LogP contribution in [0.25, 0.3) is 10.8 Å². The fourth-order valence-corrected chi connectivity index (χ4v) is 2.75. The first-order valence-corrected chi connectivity index (χ1v) is 8.36. The molecule has 1 aromatic heterocycles. The van der Waals surface area contributed by atoms with Gasteiger partial charge in [-0.05, 0) is 44.5 Å². The van der Waals surface area contributed by atoms with E-state index in [0.29, 0.717) is 16.3 Å². The van der Waals surface area contributed by atoms with Crippen LogP contribution in [-0.2, 0) is 4.74 Å². The number of hydrogen-bond acceptors (Lipinski definition) is 4. The Kier molecular flexibility index (Phi) is 4.84. The van der Waals surface area contributed by atoms with E-state index in [-0.39, 0.29) is 17.3 Å². The van der Waals surface area contributed by atoms with Crippen molar-refractivity contribution in [3.05, 3.63) is 76.0 Å². The zero-order chi connectivity index (χ0) is 18.8. The Labute approximate surface area is 150 Å². The van der Waals surface area contributed by atoms with Crippen LogP contribution in [0.3, 0.4) is 0 Å². The van der Waals surface area contributed by atoms with Gasteiger partial charge >= 0.3 is 5.97 Å². The lowest BCUT2D eigenvalue weighted by molar-refractivity contribution is 0.0329. The number of carbonyl (C=O) groups excluding carboxylic acids is 1. The molecule has 0 saturated carbocycles. The number of ether oxygens (including phenoxy) is 1. The Bertz CT molecular complexity index is 1030. The van der Waals surface area contributed by atoms with Crippen molar-refractivity contribution < 1.29 is 13.9 Å². The van der Waals surface area contributed by atoms with E-state index in [1.165, 1.54) is 16.8 Å². The summed E-state index contributed by atoms with van der Waals surface area (Å²) in [5, 5.41) is 5.06. The van der Waals surface area contributed by atoms with E-state index in [9.17, 15) is 14.0 Å². The number of hydrogen-bond donors (Lipinski definition) is 0. The van der Waals surface area contributed by atoms with E-state index in [2.05, 4.69) is 5.10 Å². The Balaban J connectivity index is 2.03. The second-order valence-corrected chi connectivity index (χ2v) is 6.34. The summed E-state index contributed by atoms with van der Waals surface area (Å²) in [6, 6.07) is 12.5. The van der Waals surface area contributed by atoms with Crippen LogP contribution in [-0.4, -0.2) is 15.7 Å². The third kappa shape index (κ3) is 3.35. The van der Waals surface area contributed by atoms with Crippen molar-refractivity contribution in [3.63, 3.8) is 0 Å². The zero-order valence-corrected chi connectivity index (χ0v) is 14.8. The average Bonchev–Trinajstić information content (AvgIpc) is 2.61. The summed E-state index contributed by atoms with van der Waals surface area (Å²) in [5.74, 6) is -1.06. The maximum atomic E-state index is 13.4. The Morgan fingerprint density at radius 2 is 1.77 bits per heavy atom. The van der Waals surface area contributed by atoms with Crippen LogP contribution in [0.15, 0.2) is 53.3 Å². The first kappa shape index (κ1) is 17.8. The molecule has 0 saturated heterocycles. The minimum Gasteiger partial charge on any atom is -0.453 e. The summed E-state index contributed by atoms with van der Waals surface area (Å²) in [6.07, 6.45) is -0.654. The Hall–Kier alpha value is -3.02. The van der Waals surface area contributed by atoms with Gasteiger partial charge in [-0.3, -0.25) is 4.79 Å². The van der Waals surface area contributed by atoms with Crippen molar-refractivity contribution in [1.82, 2.24) is 9.78 Å². The highest BCUT2D eigenvalue weighted by molar-refractivity contribution is 6.02. The van der Waals surface area contributed by atoms with E-state index in [1.807, 2.05) is 13.8 Å². The van der Waals surface area contributed by atoms with Crippen molar-refractivity contribution in [2.45, 2.75) is 32.9 Å². The van der Waals surface area contributed by atoms with E-state index in [0.717, 1.165) is 0 Å². The molecular formula is C20H19FN2O3. The predicted octanol–water partition coefficient (Wildman–Crippen LogP) is 4.03. The Morgan fingerprint density at radius 3 is 2.42 bits per heavy atom. The molecule has 0 amide bonds. The van der Waals surface area contributed by atoms with Crippen molar-refractivity contribution in [2.75, 3.05) is 0 Å². The number of nitrogens with zero attached hydrogens (tertiary/aromatic N) is 2. The van der Waals surface area contributed by atoms with Crippen LogP contribution >= 0.6 is 0 Å². The minimum atomic E-state index is -0.660. The van der Waals surface area contributed by atoms with Gasteiger partial charge in [0.2, 0.25) is 0 Å². The van der Waals surface area contributed by atoms with Gasteiger partial charge in [-0.15, -0.1) is 0 Å². The minimum absolute atomic E-state index is 0.0668. The highest BCUT2D eigenvalue weighted by atomic mass is 19.1. The fraction of sp³-hybridized carbons (Fsp3) is 0.250. The van der Waals surface area contributed by atoms with Crippen molar-refractivity contribution in [2.24, 2.45) is 0 Å². The lowest BCUT2D eigenvalue weighted by atomic mass is 10.1. The van der Waals surface area contributed by atoms with Crippen molar-refractivity contribution >= 4 is 16.7 Å². The number of carbonyl (C=O) groups is 1. The molecule has 26 heavy (non-hydrogen) atoms.